The number of nitrogens with one attached hydrogen (secondary N) is 1. The van der Waals surface area contributed by atoms with Crippen LogP contribution in [-0.4, -0.2) is 48.0 Å². The molecule has 10 heteroatoms. The average Bonchev–Trinajstić information content (AvgIpc) is 2.97. The summed E-state index contributed by atoms with van der Waals surface area (Å²) < 4.78 is 44.2. The fourth-order valence-corrected chi connectivity index (χ4v) is 3.64. The van der Waals surface area contributed by atoms with Crippen molar-refractivity contribution in [1.29, 1.82) is 0 Å². The SMILES string of the molecule is Cc1c(C(=O)Nc2ccnc(OCCN(C)C)c2)sc2nc(C(F)(F)F)ccc12. The normalized spacial score (nSPS) is 11.8. The van der Waals surface area contributed by atoms with Gasteiger partial charge in [-0.05, 0) is 44.8 Å². The Morgan fingerprint density at radius 3 is 2.72 bits per heavy atom. The second-order valence-electron chi connectivity index (χ2n) is 6.59. The highest BCUT2D eigenvalue weighted by Crippen LogP contribution is 2.34. The summed E-state index contributed by atoms with van der Waals surface area (Å²) in [5, 5.41) is 3.26. The molecule has 3 rings (SSSR count). The molecule has 0 fully saturated rings. The third kappa shape index (κ3) is 5.01. The van der Waals surface area contributed by atoms with E-state index < -0.39 is 17.8 Å². The summed E-state index contributed by atoms with van der Waals surface area (Å²) in [5.41, 5.74) is 0.0812. The zero-order valence-electron chi connectivity index (χ0n) is 16.0. The van der Waals surface area contributed by atoms with E-state index in [4.69, 9.17) is 4.74 Å². The topological polar surface area (TPSA) is 67.3 Å². The predicted molar refractivity (Wildman–Crippen MR) is 106 cm³/mol. The molecule has 1 amide bonds. The van der Waals surface area contributed by atoms with Crippen molar-refractivity contribution < 1.29 is 22.7 Å². The number of fused-ring (bicyclic) bond motifs is 1. The van der Waals surface area contributed by atoms with Crippen LogP contribution >= 0.6 is 11.3 Å². The molecule has 154 valence electrons. The van der Waals surface area contributed by atoms with E-state index in [0.29, 0.717) is 40.5 Å². The number of hydrogen-bond donors (Lipinski definition) is 1. The summed E-state index contributed by atoms with van der Waals surface area (Å²) in [7, 11) is 3.85. The van der Waals surface area contributed by atoms with Gasteiger partial charge in [-0.1, -0.05) is 0 Å². The molecule has 0 aliphatic heterocycles. The Morgan fingerprint density at radius 1 is 1.28 bits per heavy atom. The third-order valence-electron chi connectivity index (χ3n) is 4.08. The summed E-state index contributed by atoms with van der Waals surface area (Å²) >= 11 is 0.927. The predicted octanol–water partition coefficient (Wildman–Crippen LogP) is 4.21. The number of ether oxygens (including phenoxy) is 1. The van der Waals surface area contributed by atoms with E-state index in [2.05, 4.69) is 15.3 Å². The maximum absolute atomic E-state index is 12.9. The van der Waals surface area contributed by atoms with Crippen LogP contribution in [0.4, 0.5) is 18.9 Å². The maximum Gasteiger partial charge on any atom is 0.433 e. The number of anilines is 1. The molecule has 3 heterocycles. The Kier molecular flexibility index (Phi) is 6.04. The fraction of sp³-hybridized carbons (Fsp3) is 0.316. The smallest absolute Gasteiger partial charge is 0.433 e. The minimum absolute atomic E-state index is 0.171. The first-order valence-corrected chi connectivity index (χ1v) is 9.49. The van der Waals surface area contributed by atoms with Crippen LogP contribution in [0.15, 0.2) is 30.5 Å². The standard InChI is InChI=1S/C19H19F3N4O2S/c1-11-13-4-5-14(19(20,21)22)25-18(13)29-16(11)17(27)24-12-6-7-23-15(10-12)28-9-8-26(2)3/h4-7,10H,8-9H2,1-3H3,(H,23,24,27). The summed E-state index contributed by atoms with van der Waals surface area (Å²) in [6.45, 7) is 2.84. The van der Waals surface area contributed by atoms with Crippen LogP contribution in [0.3, 0.4) is 0 Å². The summed E-state index contributed by atoms with van der Waals surface area (Å²) in [5.74, 6) is -0.0568. The minimum Gasteiger partial charge on any atom is -0.476 e. The Morgan fingerprint density at radius 2 is 2.03 bits per heavy atom. The van der Waals surface area contributed by atoms with Crippen molar-refractivity contribution in [2.75, 3.05) is 32.6 Å². The number of pyridine rings is 2. The lowest BCUT2D eigenvalue weighted by molar-refractivity contribution is -0.140. The molecule has 3 aromatic heterocycles. The largest absolute Gasteiger partial charge is 0.476 e. The van der Waals surface area contributed by atoms with E-state index in [0.717, 1.165) is 17.4 Å². The number of aromatic nitrogens is 2. The van der Waals surface area contributed by atoms with Gasteiger partial charge in [-0.2, -0.15) is 13.2 Å². The number of halogens is 3. The molecule has 0 saturated carbocycles. The fourth-order valence-electron chi connectivity index (χ4n) is 2.56. The van der Waals surface area contributed by atoms with E-state index in [1.165, 1.54) is 12.3 Å². The number of hydrogen-bond acceptors (Lipinski definition) is 6. The quantitative estimate of drug-likeness (QED) is 0.642. The van der Waals surface area contributed by atoms with Crippen molar-refractivity contribution in [3.05, 3.63) is 46.6 Å². The van der Waals surface area contributed by atoms with Crippen LogP contribution in [0.2, 0.25) is 0 Å². The monoisotopic (exact) mass is 424 g/mol. The molecule has 0 radical (unpaired) electrons. The van der Waals surface area contributed by atoms with Crippen molar-refractivity contribution in [2.24, 2.45) is 0 Å². The van der Waals surface area contributed by atoms with Crippen LogP contribution in [-0.2, 0) is 6.18 Å². The first-order valence-electron chi connectivity index (χ1n) is 8.67. The maximum atomic E-state index is 12.9. The van der Waals surface area contributed by atoms with Crippen LogP contribution in [0.5, 0.6) is 5.88 Å². The molecule has 0 spiro atoms. The molecular formula is C19H19F3N4O2S. The van der Waals surface area contributed by atoms with E-state index in [1.54, 1.807) is 19.1 Å². The molecule has 6 nitrogen and oxygen atoms in total. The average molecular weight is 424 g/mol. The van der Waals surface area contributed by atoms with Gasteiger partial charge in [0, 0.05) is 29.9 Å². The number of carbonyl (C=O) groups excluding carboxylic acids is 1. The van der Waals surface area contributed by atoms with Crippen molar-refractivity contribution in [2.45, 2.75) is 13.1 Å². The highest BCUT2D eigenvalue weighted by Gasteiger charge is 2.33. The summed E-state index contributed by atoms with van der Waals surface area (Å²) in [4.78, 5) is 22.9. The molecule has 3 aromatic rings. The number of likely N-dealkylation sites (N-methyl/N-ethyl adjacent to an activating group) is 1. The molecule has 0 aliphatic rings. The Hall–Kier alpha value is -2.72. The third-order valence-corrected chi connectivity index (χ3v) is 5.28. The van der Waals surface area contributed by atoms with Gasteiger partial charge in [-0.15, -0.1) is 11.3 Å². The molecule has 0 atom stereocenters. The number of amides is 1. The Bertz CT molecular complexity index is 1030. The van der Waals surface area contributed by atoms with E-state index >= 15 is 0 Å². The van der Waals surface area contributed by atoms with Gasteiger partial charge in [0.2, 0.25) is 5.88 Å². The summed E-state index contributed by atoms with van der Waals surface area (Å²) in [6, 6.07) is 5.47. The van der Waals surface area contributed by atoms with Crippen molar-refractivity contribution in [1.82, 2.24) is 14.9 Å². The lowest BCUT2D eigenvalue weighted by Crippen LogP contribution is -2.19. The second kappa shape index (κ2) is 8.34. The molecule has 0 bridgehead atoms. The van der Waals surface area contributed by atoms with Gasteiger partial charge in [0.15, 0.2) is 0 Å². The number of nitrogens with zero attached hydrogens (tertiary/aromatic N) is 3. The molecule has 0 aliphatic carbocycles. The molecule has 1 N–H and O–H groups in total. The van der Waals surface area contributed by atoms with Gasteiger partial charge in [0.25, 0.3) is 5.91 Å². The highest BCUT2D eigenvalue weighted by molar-refractivity contribution is 7.20. The molecule has 0 aromatic carbocycles. The number of rotatable bonds is 6. The lowest BCUT2D eigenvalue weighted by atomic mass is 10.1. The van der Waals surface area contributed by atoms with Crippen molar-refractivity contribution in [3.8, 4) is 5.88 Å². The molecule has 29 heavy (non-hydrogen) atoms. The van der Waals surface area contributed by atoms with Gasteiger partial charge >= 0.3 is 6.18 Å². The van der Waals surface area contributed by atoms with Crippen LogP contribution in [0, 0.1) is 6.92 Å². The molecule has 0 unspecified atom stereocenters. The molecular weight excluding hydrogens is 405 g/mol. The second-order valence-corrected chi connectivity index (χ2v) is 7.59. The first-order chi connectivity index (χ1) is 13.6. The van der Waals surface area contributed by atoms with Crippen LogP contribution in [0.1, 0.15) is 20.9 Å². The Balaban J connectivity index is 1.78. The van der Waals surface area contributed by atoms with Gasteiger partial charge in [0.1, 0.15) is 17.1 Å². The van der Waals surface area contributed by atoms with Gasteiger partial charge < -0.3 is 15.0 Å². The van der Waals surface area contributed by atoms with Gasteiger partial charge in [0.05, 0.1) is 4.88 Å². The van der Waals surface area contributed by atoms with Crippen LogP contribution in [0.25, 0.3) is 10.2 Å². The number of thiophene rings is 1. The molecule has 0 saturated heterocycles. The highest BCUT2D eigenvalue weighted by atomic mass is 32.1. The van der Waals surface area contributed by atoms with Crippen molar-refractivity contribution in [3.63, 3.8) is 0 Å². The van der Waals surface area contributed by atoms with E-state index in [9.17, 15) is 18.0 Å². The zero-order chi connectivity index (χ0) is 21.2. The zero-order valence-corrected chi connectivity index (χ0v) is 16.8. The van der Waals surface area contributed by atoms with Crippen molar-refractivity contribution >= 4 is 33.1 Å². The van der Waals surface area contributed by atoms with E-state index in [-0.39, 0.29) is 4.83 Å². The Labute approximate surface area is 169 Å². The number of aryl methyl sites for hydroxylation is 1. The minimum atomic E-state index is -4.53. The lowest BCUT2D eigenvalue weighted by Gasteiger charge is -2.11. The number of alkyl halides is 3. The van der Waals surface area contributed by atoms with E-state index in [1.807, 2.05) is 19.0 Å². The first kappa shape index (κ1) is 21.0. The van der Waals surface area contributed by atoms with Gasteiger partial charge in [-0.3, -0.25) is 4.79 Å². The number of carbonyl (C=O) groups is 1. The summed E-state index contributed by atoms with van der Waals surface area (Å²) in [6.07, 6.45) is -3.02. The van der Waals surface area contributed by atoms with Crippen LogP contribution < -0.4 is 10.1 Å². The van der Waals surface area contributed by atoms with Gasteiger partial charge in [-0.25, -0.2) is 9.97 Å².